The topological polar surface area (TPSA) is 41.1 Å². The number of carbonyl (C=O) groups excluding carboxylic acids is 1. The molecule has 0 aromatic heterocycles. The lowest BCUT2D eigenvalue weighted by Gasteiger charge is -2.05. The third-order valence-electron chi connectivity index (χ3n) is 2.33. The van der Waals surface area contributed by atoms with Crippen molar-refractivity contribution in [3.05, 3.63) is 35.4 Å². The van der Waals surface area contributed by atoms with Gasteiger partial charge in [0.05, 0.1) is 0 Å². The summed E-state index contributed by atoms with van der Waals surface area (Å²) in [5, 5.41) is 5.56. The molecule has 1 rings (SSSR count). The predicted molar refractivity (Wildman–Crippen MR) is 61.6 cm³/mol. The molecule has 0 saturated heterocycles. The normalized spacial score (nSPS) is 10.3. The van der Waals surface area contributed by atoms with E-state index in [9.17, 15) is 13.6 Å². The zero-order valence-corrected chi connectivity index (χ0v) is 9.72. The number of carbonyl (C=O) groups is 1. The SMILES string of the molecule is CNCCNC(=O)CCc1cc(F)ccc1F. The van der Waals surface area contributed by atoms with Gasteiger partial charge < -0.3 is 10.6 Å². The fourth-order valence-electron chi connectivity index (χ4n) is 1.40. The van der Waals surface area contributed by atoms with Gasteiger partial charge in [-0.05, 0) is 37.2 Å². The third-order valence-corrected chi connectivity index (χ3v) is 2.33. The number of halogens is 2. The van der Waals surface area contributed by atoms with E-state index in [2.05, 4.69) is 10.6 Å². The van der Waals surface area contributed by atoms with Crippen molar-refractivity contribution in [2.24, 2.45) is 0 Å². The van der Waals surface area contributed by atoms with Gasteiger partial charge in [0, 0.05) is 19.5 Å². The quantitative estimate of drug-likeness (QED) is 0.737. The summed E-state index contributed by atoms with van der Waals surface area (Å²) >= 11 is 0. The number of hydrogen-bond acceptors (Lipinski definition) is 2. The highest BCUT2D eigenvalue weighted by Gasteiger charge is 2.06. The van der Waals surface area contributed by atoms with Crippen molar-refractivity contribution in [1.82, 2.24) is 10.6 Å². The number of rotatable bonds is 6. The van der Waals surface area contributed by atoms with Crippen LogP contribution in [0.15, 0.2) is 18.2 Å². The molecular formula is C12H16F2N2O. The van der Waals surface area contributed by atoms with Crippen LogP contribution in [0.3, 0.4) is 0 Å². The summed E-state index contributed by atoms with van der Waals surface area (Å²) in [5.41, 5.74) is 0.230. The molecule has 0 aliphatic heterocycles. The van der Waals surface area contributed by atoms with E-state index in [0.717, 1.165) is 18.2 Å². The minimum Gasteiger partial charge on any atom is -0.355 e. The first-order valence-corrected chi connectivity index (χ1v) is 5.48. The Bertz CT molecular complexity index is 383. The summed E-state index contributed by atoms with van der Waals surface area (Å²) in [7, 11) is 1.79. The summed E-state index contributed by atoms with van der Waals surface area (Å²) in [6, 6.07) is 3.26. The Morgan fingerprint density at radius 2 is 2.06 bits per heavy atom. The van der Waals surface area contributed by atoms with Crippen LogP contribution in [0.4, 0.5) is 8.78 Å². The maximum atomic E-state index is 13.2. The number of benzene rings is 1. The van der Waals surface area contributed by atoms with E-state index in [1.54, 1.807) is 7.05 Å². The Balaban J connectivity index is 2.39. The molecule has 3 nitrogen and oxygen atoms in total. The third kappa shape index (κ3) is 4.91. The maximum absolute atomic E-state index is 13.2. The van der Waals surface area contributed by atoms with Gasteiger partial charge in [-0.3, -0.25) is 4.79 Å². The van der Waals surface area contributed by atoms with Crippen LogP contribution in [-0.2, 0) is 11.2 Å². The molecule has 0 atom stereocenters. The first-order chi connectivity index (χ1) is 8.13. The highest BCUT2D eigenvalue weighted by molar-refractivity contribution is 5.76. The van der Waals surface area contributed by atoms with Gasteiger partial charge in [0.15, 0.2) is 0 Å². The Morgan fingerprint density at radius 3 is 2.76 bits per heavy atom. The van der Waals surface area contributed by atoms with Crippen molar-refractivity contribution >= 4 is 5.91 Å². The molecule has 2 N–H and O–H groups in total. The molecule has 94 valence electrons. The van der Waals surface area contributed by atoms with Crippen LogP contribution in [0.1, 0.15) is 12.0 Å². The fourth-order valence-corrected chi connectivity index (χ4v) is 1.40. The van der Waals surface area contributed by atoms with E-state index >= 15 is 0 Å². The molecule has 17 heavy (non-hydrogen) atoms. The average Bonchev–Trinajstić information content (AvgIpc) is 2.31. The summed E-state index contributed by atoms with van der Waals surface area (Å²) < 4.78 is 26.1. The van der Waals surface area contributed by atoms with Gasteiger partial charge in [-0.2, -0.15) is 0 Å². The molecular weight excluding hydrogens is 226 g/mol. The van der Waals surface area contributed by atoms with Crippen LogP contribution < -0.4 is 10.6 Å². The van der Waals surface area contributed by atoms with E-state index < -0.39 is 11.6 Å². The van der Waals surface area contributed by atoms with Crippen molar-refractivity contribution in [2.45, 2.75) is 12.8 Å². The molecule has 1 amide bonds. The summed E-state index contributed by atoms with van der Waals surface area (Å²) in [6.07, 6.45) is 0.360. The predicted octanol–water partition coefficient (Wildman–Crippen LogP) is 1.23. The molecule has 0 aliphatic carbocycles. The average molecular weight is 242 g/mol. The molecule has 0 unspecified atom stereocenters. The summed E-state index contributed by atoms with van der Waals surface area (Å²) in [4.78, 5) is 11.3. The highest BCUT2D eigenvalue weighted by atomic mass is 19.1. The first kappa shape index (κ1) is 13.6. The van der Waals surface area contributed by atoms with Crippen molar-refractivity contribution in [2.75, 3.05) is 20.1 Å². The van der Waals surface area contributed by atoms with Crippen LogP contribution in [0.2, 0.25) is 0 Å². The zero-order chi connectivity index (χ0) is 12.7. The fraction of sp³-hybridized carbons (Fsp3) is 0.417. The van der Waals surface area contributed by atoms with E-state index in [4.69, 9.17) is 0 Å². The molecule has 0 spiro atoms. The first-order valence-electron chi connectivity index (χ1n) is 5.48. The van der Waals surface area contributed by atoms with E-state index in [1.807, 2.05) is 0 Å². The summed E-state index contributed by atoms with van der Waals surface area (Å²) in [6.45, 7) is 1.21. The monoisotopic (exact) mass is 242 g/mol. The van der Waals surface area contributed by atoms with Crippen molar-refractivity contribution in [3.63, 3.8) is 0 Å². The Labute approximate surface area is 99.2 Å². The van der Waals surface area contributed by atoms with E-state index in [-0.39, 0.29) is 24.3 Å². The van der Waals surface area contributed by atoms with Crippen LogP contribution >= 0.6 is 0 Å². The highest BCUT2D eigenvalue weighted by Crippen LogP contribution is 2.11. The number of hydrogen-bond donors (Lipinski definition) is 2. The Kier molecular flexibility index (Phi) is 5.56. The lowest BCUT2D eigenvalue weighted by atomic mass is 10.1. The lowest BCUT2D eigenvalue weighted by molar-refractivity contribution is -0.121. The van der Waals surface area contributed by atoms with Crippen LogP contribution in [0.25, 0.3) is 0 Å². The van der Waals surface area contributed by atoms with Crippen LogP contribution in [-0.4, -0.2) is 26.0 Å². The molecule has 1 aromatic carbocycles. The van der Waals surface area contributed by atoms with Crippen molar-refractivity contribution in [1.29, 1.82) is 0 Å². The number of aryl methyl sites for hydroxylation is 1. The second kappa shape index (κ2) is 6.96. The zero-order valence-electron chi connectivity index (χ0n) is 9.72. The number of amides is 1. The van der Waals surface area contributed by atoms with Gasteiger partial charge in [0.1, 0.15) is 11.6 Å². The molecule has 0 saturated carbocycles. The van der Waals surface area contributed by atoms with Gasteiger partial charge in [0.25, 0.3) is 0 Å². The van der Waals surface area contributed by atoms with Gasteiger partial charge in [-0.1, -0.05) is 0 Å². The molecule has 5 heteroatoms. The van der Waals surface area contributed by atoms with E-state index in [1.165, 1.54) is 0 Å². The van der Waals surface area contributed by atoms with E-state index in [0.29, 0.717) is 13.1 Å². The smallest absolute Gasteiger partial charge is 0.220 e. The Morgan fingerprint density at radius 1 is 1.29 bits per heavy atom. The summed E-state index contributed by atoms with van der Waals surface area (Å²) in [5.74, 6) is -1.13. The minimum absolute atomic E-state index is 0.157. The molecule has 0 aliphatic rings. The molecule has 0 fully saturated rings. The maximum Gasteiger partial charge on any atom is 0.220 e. The van der Waals surface area contributed by atoms with Gasteiger partial charge in [0.2, 0.25) is 5.91 Å². The van der Waals surface area contributed by atoms with Crippen molar-refractivity contribution < 1.29 is 13.6 Å². The van der Waals surface area contributed by atoms with Crippen LogP contribution in [0, 0.1) is 11.6 Å². The largest absolute Gasteiger partial charge is 0.355 e. The lowest BCUT2D eigenvalue weighted by Crippen LogP contribution is -2.30. The Hall–Kier alpha value is -1.49. The standard InChI is InChI=1S/C12H16F2N2O/c1-15-6-7-16-12(17)5-2-9-8-10(13)3-4-11(9)14/h3-4,8,15H,2,5-7H2,1H3,(H,16,17). The molecule has 0 heterocycles. The second-order valence-electron chi connectivity index (χ2n) is 3.69. The van der Waals surface area contributed by atoms with Crippen molar-refractivity contribution in [3.8, 4) is 0 Å². The number of likely N-dealkylation sites (N-methyl/N-ethyl adjacent to an activating group) is 1. The van der Waals surface area contributed by atoms with Crippen LogP contribution in [0.5, 0.6) is 0 Å². The molecule has 0 radical (unpaired) electrons. The molecule has 1 aromatic rings. The molecule has 0 bridgehead atoms. The minimum atomic E-state index is -0.489. The van der Waals surface area contributed by atoms with Gasteiger partial charge in [-0.15, -0.1) is 0 Å². The van der Waals surface area contributed by atoms with Gasteiger partial charge in [-0.25, -0.2) is 8.78 Å². The second-order valence-corrected chi connectivity index (χ2v) is 3.69. The number of nitrogens with one attached hydrogen (secondary N) is 2. The van der Waals surface area contributed by atoms with Gasteiger partial charge >= 0.3 is 0 Å².